The molecule has 0 aliphatic carbocycles. The number of benzene rings is 2. The molecule has 2 rings (SSSR count). The minimum absolute atomic E-state index is 0.0891. The van der Waals surface area contributed by atoms with Crippen molar-refractivity contribution in [3.05, 3.63) is 65.2 Å². The fourth-order valence-electron chi connectivity index (χ4n) is 3.27. The Morgan fingerprint density at radius 2 is 1.36 bits per heavy atom. The van der Waals surface area contributed by atoms with Crippen molar-refractivity contribution < 1.29 is 41.8 Å². The predicted octanol–water partition coefficient (Wildman–Crippen LogP) is 6.46. The van der Waals surface area contributed by atoms with Crippen LogP contribution in [0.1, 0.15) is 78.7 Å². The SMILES string of the molecule is CCCCCCCc1ccc(C(=O)Oc2ccc(C(=O)OC(C(=O)OCCC)C(F)(F)F)cc2)cc1. The molecule has 2 aromatic rings. The van der Waals surface area contributed by atoms with Crippen molar-refractivity contribution in [2.45, 2.75) is 71.1 Å². The molecule has 0 heterocycles. The van der Waals surface area contributed by atoms with Gasteiger partial charge in [-0.25, -0.2) is 14.4 Å². The number of ether oxygens (including phenoxy) is 3. The molecule has 0 saturated carbocycles. The molecule has 0 fully saturated rings. The Morgan fingerprint density at radius 1 is 0.778 bits per heavy atom. The van der Waals surface area contributed by atoms with Crippen molar-refractivity contribution in [1.29, 1.82) is 0 Å². The normalized spacial score (nSPS) is 12.0. The van der Waals surface area contributed by atoms with Gasteiger partial charge in [-0.1, -0.05) is 51.7 Å². The van der Waals surface area contributed by atoms with Crippen molar-refractivity contribution in [2.75, 3.05) is 6.61 Å². The fourth-order valence-corrected chi connectivity index (χ4v) is 3.27. The zero-order valence-corrected chi connectivity index (χ0v) is 20.4. The van der Waals surface area contributed by atoms with E-state index < -0.39 is 30.2 Å². The summed E-state index contributed by atoms with van der Waals surface area (Å²) in [6.45, 7) is 3.55. The highest BCUT2D eigenvalue weighted by molar-refractivity contribution is 5.93. The number of carbonyl (C=O) groups is 3. The summed E-state index contributed by atoms with van der Waals surface area (Å²) in [5, 5.41) is 0. The number of aryl methyl sites for hydroxylation is 1. The van der Waals surface area contributed by atoms with E-state index in [4.69, 9.17) is 4.74 Å². The molecule has 6 nitrogen and oxygen atoms in total. The topological polar surface area (TPSA) is 78.9 Å². The van der Waals surface area contributed by atoms with Crippen LogP contribution < -0.4 is 4.74 Å². The second-order valence-corrected chi connectivity index (χ2v) is 8.27. The van der Waals surface area contributed by atoms with E-state index in [1.54, 1.807) is 19.1 Å². The lowest BCUT2D eigenvalue weighted by atomic mass is 10.0. The van der Waals surface area contributed by atoms with Crippen LogP contribution in [-0.4, -0.2) is 36.8 Å². The Morgan fingerprint density at radius 3 is 1.94 bits per heavy atom. The quantitative estimate of drug-likeness (QED) is 0.176. The maximum atomic E-state index is 13.1. The Balaban J connectivity index is 1.93. The first-order valence-corrected chi connectivity index (χ1v) is 12.0. The van der Waals surface area contributed by atoms with Crippen LogP contribution in [0.3, 0.4) is 0 Å². The molecular formula is C27H31F3O6. The summed E-state index contributed by atoms with van der Waals surface area (Å²) in [6, 6.07) is 11.9. The highest BCUT2D eigenvalue weighted by Crippen LogP contribution is 2.26. The number of halogens is 3. The zero-order chi connectivity index (χ0) is 26.6. The Kier molecular flexibility index (Phi) is 11.4. The zero-order valence-electron chi connectivity index (χ0n) is 20.4. The van der Waals surface area contributed by atoms with Gasteiger partial charge in [-0.15, -0.1) is 0 Å². The van der Waals surface area contributed by atoms with Gasteiger partial charge in [-0.3, -0.25) is 0 Å². The van der Waals surface area contributed by atoms with E-state index >= 15 is 0 Å². The molecule has 0 aromatic heterocycles. The van der Waals surface area contributed by atoms with Gasteiger partial charge in [0.2, 0.25) is 0 Å². The minimum Gasteiger partial charge on any atom is -0.463 e. The van der Waals surface area contributed by atoms with E-state index in [-0.39, 0.29) is 17.9 Å². The molecule has 196 valence electrons. The van der Waals surface area contributed by atoms with Crippen LogP contribution in [-0.2, 0) is 20.7 Å². The number of carbonyl (C=O) groups excluding carboxylic acids is 3. The monoisotopic (exact) mass is 508 g/mol. The first-order valence-electron chi connectivity index (χ1n) is 12.0. The first-order chi connectivity index (χ1) is 17.2. The molecule has 36 heavy (non-hydrogen) atoms. The summed E-state index contributed by atoms with van der Waals surface area (Å²) in [5.41, 5.74) is 1.21. The number of esters is 3. The van der Waals surface area contributed by atoms with Crippen molar-refractivity contribution in [2.24, 2.45) is 0 Å². The molecule has 0 bridgehead atoms. The van der Waals surface area contributed by atoms with Gasteiger partial charge >= 0.3 is 24.1 Å². The van der Waals surface area contributed by atoms with E-state index in [1.165, 1.54) is 37.8 Å². The van der Waals surface area contributed by atoms with Crippen LogP contribution in [0.15, 0.2) is 48.5 Å². The van der Waals surface area contributed by atoms with E-state index in [9.17, 15) is 27.6 Å². The summed E-state index contributed by atoms with van der Waals surface area (Å²) < 4.78 is 53.5. The van der Waals surface area contributed by atoms with Crippen molar-refractivity contribution >= 4 is 17.9 Å². The van der Waals surface area contributed by atoms with Gasteiger partial charge in [0, 0.05) is 0 Å². The van der Waals surface area contributed by atoms with Crippen LogP contribution in [0.25, 0.3) is 0 Å². The highest BCUT2D eigenvalue weighted by Gasteiger charge is 2.49. The second kappa shape index (κ2) is 14.3. The summed E-state index contributed by atoms with van der Waals surface area (Å²) in [5.74, 6) is -3.58. The average molecular weight is 509 g/mol. The predicted molar refractivity (Wildman–Crippen MR) is 127 cm³/mol. The molecule has 0 radical (unpaired) electrons. The van der Waals surface area contributed by atoms with Crippen molar-refractivity contribution in [3.63, 3.8) is 0 Å². The van der Waals surface area contributed by atoms with Crippen LogP contribution in [0, 0.1) is 0 Å². The Labute approximate surface area is 208 Å². The van der Waals surface area contributed by atoms with Crippen LogP contribution in [0.5, 0.6) is 5.75 Å². The first kappa shape index (κ1) is 28.9. The second-order valence-electron chi connectivity index (χ2n) is 8.27. The summed E-state index contributed by atoms with van der Waals surface area (Å²) in [7, 11) is 0. The molecule has 1 atom stereocenters. The van der Waals surface area contributed by atoms with Gasteiger partial charge in [-0.2, -0.15) is 13.2 Å². The van der Waals surface area contributed by atoms with E-state index in [1.807, 2.05) is 12.1 Å². The molecule has 0 saturated heterocycles. The average Bonchev–Trinajstić information content (AvgIpc) is 2.85. The van der Waals surface area contributed by atoms with Gasteiger partial charge in [0.1, 0.15) is 5.75 Å². The third-order valence-corrected chi connectivity index (χ3v) is 5.24. The molecular weight excluding hydrogens is 477 g/mol. The van der Waals surface area contributed by atoms with Crippen molar-refractivity contribution in [1.82, 2.24) is 0 Å². The van der Waals surface area contributed by atoms with Crippen LogP contribution >= 0.6 is 0 Å². The van der Waals surface area contributed by atoms with E-state index in [2.05, 4.69) is 16.4 Å². The van der Waals surface area contributed by atoms with Crippen LogP contribution in [0.2, 0.25) is 0 Å². The maximum Gasteiger partial charge on any atom is 0.436 e. The number of alkyl halides is 3. The van der Waals surface area contributed by atoms with Crippen molar-refractivity contribution in [3.8, 4) is 5.75 Å². The summed E-state index contributed by atoms with van der Waals surface area (Å²) >= 11 is 0. The van der Waals surface area contributed by atoms with Gasteiger partial charge in [-0.05, 0) is 61.2 Å². The molecule has 2 aromatic carbocycles. The molecule has 0 spiro atoms. The van der Waals surface area contributed by atoms with Crippen LogP contribution in [0.4, 0.5) is 13.2 Å². The molecule has 0 N–H and O–H groups in total. The van der Waals surface area contributed by atoms with Gasteiger partial charge < -0.3 is 14.2 Å². The number of hydrogen-bond acceptors (Lipinski definition) is 6. The van der Waals surface area contributed by atoms with Gasteiger partial charge in [0.25, 0.3) is 6.10 Å². The lowest BCUT2D eigenvalue weighted by Gasteiger charge is -2.19. The van der Waals surface area contributed by atoms with Gasteiger partial charge in [0.05, 0.1) is 17.7 Å². The largest absolute Gasteiger partial charge is 0.463 e. The standard InChI is InChI=1S/C27H31F3O6/c1-3-5-6-7-8-9-19-10-12-20(13-11-19)24(31)35-22-16-14-21(15-17-22)25(32)36-23(27(28,29)30)26(33)34-18-4-2/h10-17,23H,3-9,18H2,1-2H3. The molecule has 0 aliphatic rings. The Bertz CT molecular complexity index is 984. The summed E-state index contributed by atoms with van der Waals surface area (Å²) in [6.07, 6.45) is -1.02. The number of unbranched alkanes of at least 4 members (excludes halogenated alkanes) is 4. The minimum atomic E-state index is -5.12. The van der Waals surface area contributed by atoms with Gasteiger partial charge in [0.15, 0.2) is 0 Å². The smallest absolute Gasteiger partial charge is 0.436 e. The highest BCUT2D eigenvalue weighted by atomic mass is 19.4. The molecule has 9 heteroatoms. The maximum absolute atomic E-state index is 13.1. The van der Waals surface area contributed by atoms with E-state index in [0.717, 1.165) is 30.5 Å². The molecule has 0 aliphatic heterocycles. The van der Waals surface area contributed by atoms with E-state index in [0.29, 0.717) is 12.0 Å². The third-order valence-electron chi connectivity index (χ3n) is 5.24. The fraction of sp³-hybridized carbons (Fsp3) is 0.444. The summed E-state index contributed by atoms with van der Waals surface area (Å²) in [4.78, 5) is 36.2. The number of rotatable bonds is 13. The Hall–Kier alpha value is -3.36. The molecule has 0 amide bonds. The third kappa shape index (κ3) is 9.36. The number of hydrogen-bond donors (Lipinski definition) is 0. The molecule has 1 unspecified atom stereocenters. The lowest BCUT2D eigenvalue weighted by molar-refractivity contribution is -0.218. The lowest BCUT2D eigenvalue weighted by Crippen LogP contribution is -2.42.